The number of rotatable bonds is 6. The maximum atomic E-state index is 11.3. The van der Waals surface area contributed by atoms with Crippen molar-refractivity contribution in [3.8, 4) is 11.5 Å². The van der Waals surface area contributed by atoms with Gasteiger partial charge in [-0.25, -0.2) is 13.7 Å². The Balaban J connectivity index is 2.20. The van der Waals surface area contributed by atoms with Crippen LogP contribution in [0.25, 0.3) is 10.8 Å². The van der Waals surface area contributed by atoms with Crippen molar-refractivity contribution >= 4 is 44.8 Å². The van der Waals surface area contributed by atoms with E-state index in [1.54, 1.807) is 18.2 Å². The lowest BCUT2D eigenvalue weighted by atomic mass is 10.1. The third-order valence-electron chi connectivity index (χ3n) is 3.68. The van der Waals surface area contributed by atoms with Crippen LogP contribution in [0.1, 0.15) is 5.56 Å². The van der Waals surface area contributed by atoms with Crippen LogP contribution in [0.4, 0.5) is 5.69 Å². The Hall–Kier alpha value is -2.67. The molecule has 0 spiro atoms. The van der Waals surface area contributed by atoms with Crippen molar-refractivity contribution < 1.29 is 37.8 Å². The number of fused-ring (bicyclic) bond motifs is 1. The number of aromatic hydroxyl groups is 2. The van der Waals surface area contributed by atoms with Crippen LogP contribution in [-0.2, 0) is 19.5 Å². The highest BCUT2D eigenvalue weighted by molar-refractivity contribution is 7.94. The third kappa shape index (κ3) is 4.42. The molecule has 0 aliphatic heterocycles. The molecule has 0 fully saturated rings. The number of phenolic OH excluding ortho intramolecular Hbond substituents is 2. The van der Waals surface area contributed by atoms with Crippen molar-refractivity contribution in [1.29, 1.82) is 0 Å². The fourth-order valence-corrected chi connectivity index (χ4v) is 3.47. The Morgan fingerprint density at radius 2 is 1.82 bits per heavy atom. The molecule has 0 radical (unpaired) electrons. The molecule has 9 nitrogen and oxygen atoms in total. The van der Waals surface area contributed by atoms with Gasteiger partial charge in [-0.15, -0.1) is 4.33 Å². The van der Waals surface area contributed by atoms with Crippen LogP contribution in [0.5, 0.6) is 11.5 Å². The minimum absolute atomic E-state index is 0.0120. The topological polar surface area (TPSA) is 149 Å². The van der Waals surface area contributed by atoms with E-state index >= 15 is 0 Å². The molecule has 0 unspecified atom stereocenters. The molecule has 28 heavy (non-hydrogen) atoms. The van der Waals surface area contributed by atoms with Gasteiger partial charge in [0, 0.05) is 22.1 Å². The van der Waals surface area contributed by atoms with E-state index in [2.05, 4.69) is 14.4 Å². The summed E-state index contributed by atoms with van der Waals surface area (Å²) in [5.74, 6) is -0.478. The second-order valence-electron chi connectivity index (χ2n) is 5.48. The predicted molar refractivity (Wildman–Crippen MR) is 99.6 cm³/mol. The summed E-state index contributed by atoms with van der Waals surface area (Å²) in [6, 6.07) is 11.2. The van der Waals surface area contributed by atoms with Crippen LogP contribution < -0.4 is 0 Å². The van der Waals surface area contributed by atoms with Gasteiger partial charge in [-0.05, 0) is 41.8 Å². The maximum absolute atomic E-state index is 11.3. The standard InChI is InChI=1S/C17H13NO8S2/c19-15-4-2-1-3-10(15)9-18-14-7-12(27-26-25-21)5-11-6-13(28(22,23)24)8-16(20)17(11)14/h1-9,19-21H,(H,22,23,24)/p-1. The number of aliphatic imine (C=N–C) groups is 1. The molecule has 0 bridgehead atoms. The number of hydrogen-bond donors (Lipinski definition) is 3. The van der Waals surface area contributed by atoms with Crippen LogP contribution in [0.2, 0.25) is 0 Å². The van der Waals surface area contributed by atoms with E-state index in [0.29, 0.717) is 22.5 Å². The second-order valence-corrected chi connectivity index (χ2v) is 7.63. The van der Waals surface area contributed by atoms with E-state index in [4.69, 9.17) is 5.26 Å². The number of phenols is 2. The van der Waals surface area contributed by atoms with E-state index in [-0.39, 0.29) is 22.2 Å². The maximum Gasteiger partial charge on any atom is 0.126 e. The molecule has 0 aromatic heterocycles. The first-order chi connectivity index (χ1) is 13.3. The fraction of sp³-hybridized carbons (Fsp3) is 0. The molecule has 0 aliphatic carbocycles. The molecule has 3 rings (SSSR count). The monoisotopic (exact) mass is 422 g/mol. The molecule has 146 valence electrons. The highest BCUT2D eigenvalue weighted by Crippen LogP contribution is 2.39. The smallest absolute Gasteiger partial charge is 0.126 e. The van der Waals surface area contributed by atoms with E-state index in [1.807, 2.05) is 0 Å². The summed E-state index contributed by atoms with van der Waals surface area (Å²) in [5.41, 5.74) is 0.596. The molecule has 11 heteroatoms. The van der Waals surface area contributed by atoms with Gasteiger partial charge in [0.15, 0.2) is 0 Å². The average Bonchev–Trinajstić information content (AvgIpc) is 2.64. The first kappa shape index (κ1) is 20.1. The van der Waals surface area contributed by atoms with Gasteiger partial charge < -0.3 is 14.8 Å². The highest BCUT2D eigenvalue weighted by Gasteiger charge is 2.13. The Labute approximate surface area is 163 Å². The Morgan fingerprint density at radius 1 is 1.07 bits per heavy atom. The molecule has 3 aromatic carbocycles. The predicted octanol–water partition coefficient (Wildman–Crippen LogP) is 3.33. The summed E-state index contributed by atoms with van der Waals surface area (Å²) in [6.07, 6.45) is 1.35. The summed E-state index contributed by atoms with van der Waals surface area (Å²) >= 11 is 0.589. The molecule has 0 aliphatic rings. The summed E-state index contributed by atoms with van der Waals surface area (Å²) < 4.78 is 38.3. The van der Waals surface area contributed by atoms with Crippen molar-refractivity contribution in [3.05, 3.63) is 54.1 Å². The summed E-state index contributed by atoms with van der Waals surface area (Å²) in [7, 11) is -4.80. The van der Waals surface area contributed by atoms with Crippen molar-refractivity contribution in [3.63, 3.8) is 0 Å². The van der Waals surface area contributed by atoms with Gasteiger partial charge >= 0.3 is 0 Å². The average molecular weight is 422 g/mol. The molecule has 3 aromatic rings. The lowest BCUT2D eigenvalue weighted by molar-refractivity contribution is -0.432. The lowest BCUT2D eigenvalue weighted by Crippen LogP contribution is -1.98. The van der Waals surface area contributed by atoms with E-state index < -0.39 is 20.8 Å². The van der Waals surface area contributed by atoms with Gasteiger partial charge in [-0.2, -0.15) is 0 Å². The van der Waals surface area contributed by atoms with E-state index in [9.17, 15) is 23.2 Å². The Morgan fingerprint density at radius 3 is 2.50 bits per heavy atom. The summed E-state index contributed by atoms with van der Waals surface area (Å²) in [4.78, 5) is 3.95. The zero-order chi connectivity index (χ0) is 20.3. The Kier molecular flexibility index (Phi) is 5.84. The SMILES string of the molecule is O=S(=O)([O-])c1cc(O)c2c(N=Cc3ccccc3O)cc(SOOO)cc2c1. The molecule has 0 saturated heterocycles. The van der Waals surface area contributed by atoms with E-state index in [1.165, 1.54) is 24.4 Å². The zero-order valence-corrected chi connectivity index (χ0v) is 15.5. The number of benzene rings is 3. The Bertz CT molecular complexity index is 1160. The van der Waals surface area contributed by atoms with Gasteiger partial charge in [0.05, 0.1) is 22.6 Å². The number of para-hydroxylation sites is 1. The normalized spacial score (nSPS) is 12.1. The fourth-order valence-electron chi connectivity index (χ4n) is 2.50. The van der Waals surface area contributed by atoms with Crippen molar-refractivity contribution in [2.24, 2.45) is 4.99 Å². The first-order valence-electron chi connectivity index (χ1n) is 7.53. The van der Waals surface area contributed by atoms with Crippen LogP contribution in [0, 0.1) is 0 Å². The largest absolute Gasteiger partial charge is 0.744 e. The number of hydrogen-bond acceptors (Lipinski definition) is 10. The van der Waals surface area contributed by atoms with Crippen molar-refractivity contribution in [1.82, 2.24) is 0 Å². The molecule has 0 saturated carbocycles. The molecule has 0 amide bonds. The zero-order valence-electron chi connectivity index (χ0n) is 13.8. The second kappa shape index (κ2) is 8.14. The van der Waals surface area contributed by atoms with Crippen molar-refractivity contribution in [2.45, 2.75) is 9.79 Å². The van der Waals surface area contributed by atoms with Gasteiger partial charge in [-0.1, -0.05) is 17.2 Å². The molecular formula is C17H12NO8S2-. The van der Waals surface area contributed by atoms with Crippen LogP contribution in [0.15, 0.2) is 63.3 Å². The first-order valence-corrected chi connectivity index (χ1v) is 9.68. The molecule has 0 heterocycles. The van der Waals surface area contributed by atoms with E-state index in [0.717, 1.165) is 12.1 Å². The van der Waals surface area contributed by atoms with Crippen LogP contribution in [-0.4, -0.2) is 34.7 Å². The summed E-state index contributed by atoms with van der Waals surface area (Å²) in [6.45, 7) is 0. The molecule has 3 N–H and O–H groups in total. The van der Waals surface area contributed by atoms with Gasteiger partial charge in [0.1, 0.15) is 21.6 Å². The van der Waals surface area contributed by atoms with Crippen LogP contribution in [0.3, 0.4) is 0 Å². The third-order valence-corrected chi connectivity index (χ3v) is 5.05. The van der Waals surface area contributed by atoms with Gasteiger partial charge in [0.25, 0.3) is 0 Å². The lowest BCUT2D eigenvalue weighted by Gasteiger charge is -2.12. The van der Waals surface area contributed by atoms with Crippen LogP contribution >= 0.6 is 12.0 Å². The minimum Gasteiger partial charge on any atom is -0.744 e. The molecule has 0 atom stereocenters. The quantitative estimate of drug-likeness (QED) is 0.179. The highest BCUT2D eigenvalue weighted by atomic mass is 32.2. The van der Waals surface area contributed by atoms with Gasteiger partial charge in [0.2, 0.25) is 0 Å². The number of nitrogens with zero attached hydrogens (tertiary/aromatic N) is 1. The van der Waals surface area contributed by atoms with Crippen molar-refractivity contribution in [2.75, 3.05) is 0 Å². The minimum atomic E-state index is -4.80. The summed E-state index contributed by atoms with van der Waals surface area (Å²) in [5, 5.41) is 32.4. The van der Waals surface area contributed by atoms with Gasteiger partial charge in [-0.3, -0.25) is 4.99 Å². The molecular weight excluding hydrogens is 410 g/mol.